The van der Waals surface area contributed by atoms with Crippen molar-refractivity contribution in [3.63, 3.8) is 0 Å². The summed E-state index contributed by atoms with van der Waals surface area (Å²) < 4.78 is 0. The average Bonchev–Trinajstić information content (AvgIpc) is 3.46. The molecule has 0 aromatic heterocycles. The van der Waals surface area contributed by atoms with E-state index in [1.54, 1.807) is 18.2 Å². The summed E-state index contributed by atoms with van der Waals surface area (Å²) in [5.41, 5.74) is 2.09. The molecule has 2 aromatic rings. The molecule has 1 aliphatic heterocycles. The molecule has 2 aromatic carbocycles. The second-order valence-electron chi connectivity index (χ2n) is 8.09. The number of nitriles is 1. The molecule has 1 aliphatic carbocycles. The standard InChI is InChI=1S/C23H24N4O3/c24-16-23(11-1-2-12-23)17-5-7-18(8-6-17)25-22(28)20-15-19(27(29)30)9-10-21(20)26-13-3-4-14-26/h5-10,15H,1-4,11-14H2,(H,25,28). The van der Waals surface area contributed by atoms with Crippen molar-refractivity contribution in [2.75, 3.05) is 23.3 Å². The number of anilines is 2. The van der Waals surface area contributed by atoms with Crippen LogP contribution in [0.1, 0.15) is 54.4 Å². The first-order valence-corrected chi connectivity index (χ1v) is 10.4. The van der Waals surface area contributed by atoms with Crippen molar-refractivity contribution in [1.82, 2.24) is 0 Å². The van der Waals surface area contributed by atoms with Crippen LogP contribution < -0.4 is 10.2 Å². The van der Waals surface area contributed by atoms with Crippen molar-refractivity contribution in [2.45, 2.75) is 43.9 Å². The molecule has 154 valence electrons. The Morgan fingerprint density at radius 2 is 1.73 bits per heavy atom. The summed E-state index contributed by atoms with van der Waals surface area (Å²) in [6.07, 6.45) is 5.92. The van der Waals surface area contributed by atoms with E-state index in [1.165, 1.54) is 12.1 Å². The third-order valence-corrected chi connectivity index (χ3v) is 6.25. The van der Waals surface area contributed by atoms with E-state index in [0.29, 0.717) is 11.3 Å². The van der Waals surface area contributed by atoms with Crippen LogP contribution in [0.5, 0.6) is 0 Å². The van der Waals surface area contributed by atoms with Gasteiger partial charge in [0.15, 0.2) is 0 Å². The van der Waals surface area contributed by atoms with Crippen molar-refractivity contribution in [1.29, 1.82) is 5.26 Å². The van der Waals surface area contributed by atoms with Crippen LogP contribution in [0.25, 0.3) is 0 Å². The molecule has 1 heterocycles. The van der Waals surface area contributed by atoms with Crippen LogP contribution in [-0.4, -0.2) is 23.9 Å². The maximum absolute atomic E-state index is 13.0. The van der Waals surface area contributed by atoms with Gasteiger partial charge in [-0.1, -0.05) is 25.0 Å². The van der Waals surface area contributed by atoms with Gasteiger partial charge in [-0.25, -0.2) is 0 Å². The quantitative estimate of drug-likeness (QED) is 0.571. The molecule has 0 atom stereocenters. The Morgan fingerprint density at radius 1 is 1.07 bits per heavy atom. The largest absolute Gasteiger partial charge is 0.371 e. The number of amides is 1. The molecule has 0 spiro atoms. The highest BCUT2D eigenvalue weighted by atomic mass is 16.6. The smallest absolute Gasteiger partial charge is 0.270 e. The molecule has 0 unspecified atom stereocenters. The highest BCUT2D eigenvalue weighted by Gasteiger charge is 2.35. The molecule has 1 amide bonds. The number of nitro groups is 1. The van der Waals surface area contributed by atoms with Gasteiger partial charge in [-0.05, 0) is 49.4 Å². The lowest BCUT2D eigenvalue weighted by molar-refractivity contribution is -0.384. The predicted octanol–water partition coefficient (Wildman–Crippen LogP) is 4.78. The van der Waals surface area contributed by atoms with Crippen molar-refractivity contribution in [2.24, 2.45) is 0 Å². The first kappa shape index (κ1) is 19.9. The molecule has 0 radical (unpaired) electrons. The molecule has 1 N–H and O–H groups in total. The minimum absolute atomic E-state index is 0.101. The fraction of sp³-hybridized carbons (Fsp3) is 0.391. The summed E-state index contributed by atoms with van der Waals surface area (Å²) in [6.45, 7) is 1.67. The van der Waals surface area contributed by atoms with Gasteiger partial charge in [0.2, 0.25) is 0 Å². The van der Waals surface area contributed by atoms with Crippen LogP contribution >= 0.6 is 0 Å². The fourth-order valence-electron chi connectivity index (χ4n) is 4.57. The third-order valence-electron chi connectivity index (χ3n) is 6.25. The van der Waals surface area contributed by atoms with Crippen LogP contribution in [0.15, 0.2) is 42.5 Å². The molecule has 4 rings (SSSR count). The van der Waals surface area contributed by atoms with Gasteiger partial charge >= 0.3 is 0 Å². The SMILES string of the molecule is N#CC1(c2ccc(NC(=O)c3cc([N+](=O)[O-])ccc3N3CCCC3)cc2)CCCC1. The average molecular weight is 404 g/mol. The monoisotopic (exact) mass is 404 g/mol. The van der Waals surface area contributed by atoms with Crippen LogP contribution in [0.2, 0.25) is 0 Å². The Bertz CT molecular complexity index is 998. The van der Waals surface area contributed by atoms with Crippen molar-refractivity contribution in [3.8, 4) is 6.07 Å². The third kappa shape index (κ3) is 3.73. The van der Waals surface area contributed by atoms with E-state index in [-0.39, 0.29) is 11.6 Å². The number of hydrogen-bond acceptors (Lipinski definition) is 5. The van der Waals surface area contributed by atoms with Crippen LogP contribution in [0, 0.1) is 21.4 Å². The van der Waals surface area contributed by atoms with Gasteiger partial charge in [0.05, 0.1) is 27.7 Å². The highest BCUT2D eigenvalue weighted by molar-refractivity contribution is 6.08. The Morgan fingerprint density at radius 3 is 2.33 bits per heavy atom. The van der Waals surface area contributed by atoms with Gasteiger partial charge in [-0.3, -0.25) is 14.9 Å². The second-order valence-corrected chi connectivity index (χ2v) is 8.09. The number of nitrogens with one attached hydrogen (secondary N) is 1. The first-order valence-electron chi connectivity index (χ1n) is 10.4. The van der Waals surface area contributed by atoms with E-state index in [0.717, 1.165) is 62.9 Å². The zero-order chi connectivity index (χ0) is 21.1. The number of hydrogen-bond donors (Lipinski definition) is 1. The topological polar surface area (TPSA) is 99.3 Å². The lowest BCUT2D eigenvalue weighted by Gasteiger charge is -2.22. The van der Waals surface area contributed by atoms with Crippen molar-refractivity contribution in [3.05, 3.63) is 63.7 Å². The van der Waals surface area contributed by atoms with E-state index < -0.39 is 10.3 Å². The van der Waals surface area contributed by atoms with Crippen LogP contribution in [-0.2, 0) is 5.41 Å². The van der Waals surface area contributed by atoms with Gasteiger partial charge in [0, 0.05) is 30.9 Å². The summed E-state index contributed by atoms with van der Waals surface area (Å²) in [5, 5.41) is 23.7. The molecule has 1 saturated carbocycles. The minimum atomic E-state index is -0.484. The molecule has 7 nitrogen and oxygen atoms in total. The molecule has 2 fully saturated rings. The Labute approximate surface area is 175 Å². The molecule has 30 heavy (non-hydrogen) atoms. The molecule has 0 bridgehead atoms. The number of benzene rings is 2. The van der Waals surface area contributed by atoms with Crippen LogP contribution in [0.4, 0.5) is 17.1 Å². The number of rotatable bonds is 5. The van der Waals surface area contributed by atoms with Gasteiger partial charge in [0.1, 0.15) is 0 Å². The summed E-state index contributed by atoms with van der Waals surface area (Å²) >= 11 is 0. The van der Waals surface area contributed by atoms with E-state index in [9.17, 15) is 20.2 Å². The number of nitro benzene ring substituents is 1. The second kappa shape index (κ2) is 8.15. The zero-order valence-corrected chi connectivity index (χ0v) is 16.8. The summed E-state index contributed by atoms with van der Waals surface area (Å²) in [4.78, 5) is 25.8. The van der Waals surface area contributed by atoms with Gasteiger partial charge in [-0.15, -0.1) is 0 Å². The lowest BCUT2D eigenvalue weighted by atomic mass is 9.80. The zero-order valence-electron chi connectivity index (χ0n) is 16.8. The number of non-ortho nitro benzene ring substituents is 1. The normalized spacial score (nSPS) is 17.5. The van der Waals surface area contributed by atoms with E-state index in [4.69, 9.17) is 0 Å². The Balaban J connectivity index is 1.58. The van der Waals surface area contributed by atoms with Crippen molar-refractivity contribution < 1.29 is 9.72 Å². The highest BCUT2D eigenvalue weighted by Crippen LogP contribution is 2.40. The van der Waals surface area contributed by atoms with Crippen molar-refractivity contribution >= 4 is 23.0 Å². The summed E-state index contributed by atoms with van der Waals surface area (Å²) in [5.74, 6) is -0.371. The van der Waals surface area contributed by atoms with E-state index in [1.807, 2.05) is 12.1 Å². The fourth-order valence-corrected chi connectivity index (χ4v) is 4.57. The Kier molecular flexibility index (Phi) is 5.40. The molecule has 7 heteroatoms. The Hall–Kier alpha value is -3.40. The minimum Gasteiger partial charge on any atom is -0.371 e. The summed E-state index contributed by atoms with van der Waals surface area (Å²) in [7, 11) is 0. The van der Waals surface area contributed by atoms with Gasteiger partial charge in [0.25, 0.3) is 11.6 Å². The molecular weight excluding hydrogens is 380 g/mol. The first-order chi connectivity index (χ1) is 14.5. The van der Waals surface area contributed by atoms with Gasteiger partial charge < -0.3 is 10.2 Å². The summed E-state index contributed by atoms with van der Waals surface area (Å²) in [6, 6.07) is 14.3. The molecular formula is C23H24N4O3. The maximum Gasteiger partial charge on any atom is 0.270 e. The molecule has 1 saturated heterocycles. The predicted molar refractivity (Wildman–Crippen MR) is 115 cm³/mol. The molecule has 2 aliphatic rings. The lowest BCUT2D eigenvalue weighted by Crippen LogP contribution is -2.23. The number of carbonyl (C=O) groups is 1. The van der Waals surface area contributed by atoms with E-state index >= 15 is 0 Å². The van der Waals surface area contributed by atoms with Crippen LogP contribution in [0.3, 0.4) is 0 Å². The number of nitrogens with zero attached hydrogens (tertiary/aromatic N) is 3. The van der Waals surface area contributed by atoms with E-state index in [2.05, 4.69) is 16.3 Å². The van der Waals surface area contributed by atoms with Gasteiger partial charge in [-0.2, -0.15) is 5.26 Å². The number of carbonyl (C=O) groups excluding carboxylic acids is 1. The maximum atomic E-state index is 13.0.